The van der Waals surface area contributed by atoms with Gasteiger partial charge in [0.25, 0.3) is 0 Å². The van der Waals surface area contributed by atoms with Gasteiger partial charge >= 0.3 is 21.1 Å². The molecule has 0 aromatic carbocycles. The molecule has 0 spiro atoms. The number of thiol groups is 4. The minimum absolute atomic E-state index is 0. The van der Waals surface area contributed by atoms with Crippen LogP contribution in [0.2, 0.25) is 0 Å². The molecule has 0 aromatic heterocycles. The van der Waals surface area contributed by atoms with Crippen LogP contribution in [0.1, 0.15) is 0 Å². The Morgan fingerprint density at radius 2 is 0.471 bits per heavy atom. The molecule has 0 atom stereocenters. The zero-order valence-electron chi connectivity index (χ0n) is 7.99. The minimum Gasteiger partial charge on any atom is -1.02 e. The van der Waals surface area contributed by atoms with Gasteiger partial charge in [0.1, 0.15) is 0 Å². The third kappa shape index (κ3) is 199. The van der Waals surface area contributed by atoms with Crippen LogP contribution < -0.4 is 0 Å². The monoisotopic (exact) mass is 908 g/mol. The first-order valence-corrected chi connectivity index (χ1v) is 3.87. The van der Waals surface area contributed by atoms with Crippen molar-refractivity contribution in [2.75, 3.05) is 0 Å². The molecule has 0 aliphatic carbocycles. The first-order valence-electron chi connectivity index (χ1n) is 0.622. The van der Waals surface area contributed by atoms with Gasteiger partial charge in [0, 0.05) is 105 Å². The second kappa shape index (κ2) is 218. The van der Waals surface area contributed by atoms with Crippen molar-refractivity contribution in [1.82, 2.24) is 0 Å². The van der Waals surface area contributed by atoms with E-state index < -0.39 is 0 Å². The van der Waals surface area contributed by atoms with Crippen LogP contribution in [0, 0.1) is 13.7 Å². The van der Waals surface area contributed by atoms with Gasteiger partial charge in [-0.3, -0.25) is 0 Å². The van der Waals surface area contributed by atoms with Gasteiger partial charge in [0.2, 0.25) is 0 Å². The van der Waals surface area contributed by atoms with Crippen LogP contribution in [-0.2, 0) is 240 Å². The van der Waals surface area contributed by atoms with Gasteiger partial charge in [-0.05, 0) is 0 Å². The van der Waals surface area contributed by atoms with E-state index in [0.29, 0.717) is 0 Å². The van der Waals surface area contributed by atoms with Crippen molar-refractivity contribution in [3.05, 3.63) is 13.7 Å². The van der Waals surface area contributed by atoms with Crippen molar-refractivity contribution in [3.63, 3.8) is 0 Å². The Balaban J connectivity index is -0.000000000500. The van der Waals surface area contributed by atoms with E-state index in [1.54, 1.807) is 0 Å². The molecule has 0 saturated carbocycles. The fraction of sp³-hybridized carbons (Fsp3) is 0. The summed E-state index contributed by atoms with van der Waals surface area (Å²) in [7, 11) is 0. The molecule has 0 aliphatic rings. The van der Waals surface area contributed by atoms with Gasteiger partial charge in [-0.2, -0.15) is 0 Å². The molecule has 0 saturated heterocycles. The number of rotatable bonds is 0. The van der Waals surface area contributed by atoms with Crippen LogP contribution in [-0.4, -0.2) is 0 Å². The summed E-state index contributed by atoms with van der Waals surface area (Å²) in [6.07, 6.45) is 2.83. The summed E-state index contributed by atoms with van der Waals surface area (Å²) in [5, 5.41) is 0. The first kappa shape index (κ1) is 125. The molecule has 0 rings (SSSR count). The van der Waals surface area contributed by atoms with Gasteiger partial charge in [-0.1, -0.05) is 0 Å². The Bertz CT molecular complexity index is 23.4. The van der Waals surface area contributed by atoms with E-state index in [9.17, 15) is 0 Å². The van der Waals surface area contributed by atoms with Gasteiger partial charge < -0.3 is 127 Å². The van der Waals surface area contributed by atoms with E-state index >= 15 is 0 Å². The number of hydrogen-bond donors (Lipinski definition) is 0. The number of hydrogen-bond acceptors (Lipinski definition) is 9. The zero-order chi connectivity index (χ0) is 6.00. The summed E-state index contributed by atoms with van der Waals surface area (Å²) < 4.78 is 0. The molecule has 0 radical (unpaired) electrons. The molecule has 0 nitrogen and oxygen atoms in total. The second-order valence-corrected chi connectivity index (χ2v) is 0. The van der Waals surface area contributed by atoms with Gasteiger partial charge in [0.05, 0.1) is 0 Å². The predicted molar refractivity (Wildman–Crippen MR) is 83.6 cm³/mol. The summed E-state index contributed by atoms with van der Waals surface area (Å²) in [6, 6.07) is 0. The molecule has 17 heavy (non-hydrogen) atoms. The topological polar surface area (TPSA) is 0 Å². The maximum atomic E-state index is 3.83. The van der Waals surface area contributed by atoms with Crippen molar-refractivity contribution >= 4 is 113 Å². The summed E-state index contributed by atoms with van der Waals surface area (Å²) in [5.41, 5.74) is 0. The van der Waals surface area contributed by atoms with Gasteiger partial charge in [-0.15, -0.1) is 0 Å². The SMILES string of the molecule is [CH2-][S-].[CH3-].[Mo+2].[Mo].[Mo].[Mo].[Mo].[Mo].[S-][S-].[S-][S-].[SH-].[SH-].[SH-].[SH-]. The summed E-state index contributed by atoms with van der Waals surface area (Å²) >= 11 is 18.5. The molecule has 0 heterocycles. The quantitative estimate of drug-likeness (QED) is 0.105. The Morgan fingerprint density at radius 3 is 0.471 bits per heavy atom. The van der Waals surface area contributed by atoms with Crippen LogP contribution in [0.15, 0.2) is 0 Å². The first-order chi connectivity index (χ1) is 3.00. The Hall–Kier alpha value is 7.28. The van der Waals surface area contributed by atoms with Gasteiger partial charge in [-0.25, -0.2) is 0 Å². The molecule has 116 valence electrons. The van der Waals surface area contributed by atoms with E-state index in [1.807, 2.05) is 0 Å². The van der Waals surface area contributed by atoms with Crippen LogP contribution in [0.3, 0.4) is 0 Å². The van der Waals surface area contributed by atoms with E-state index in [2.05, 4.69) is 65.5 Å². The average Bonchev–Trinajstić information content (AvgIpc) is 1.81. The molecule has 0 unspecified atom stereocenters. The zero-order valence-corrected chi connectivity index (χ0v) is 27.7. The smallest absolute Gasteiger partial charge is 1.02 e. The van der Waals surface area contributed by atoms with Crippen molar-refractivity contribution in [2.24, 2.45) is 0 Å². The Kier molecular flexibility index (Phi) is 1600. The van der Waals surface area contributed by atoms with Crippen LogP contribution in [0.4, 0.5) is 0 Å². The normalized spacial score (nSPS) is 1.06. The standard InChI is InChI=1S/CH2S.CH3.6Mo.2S2.4H2S/c1-2;;;;;;;;2*1-2;;;;/h1H2;1H3;;;;;;;;;4*1H2/q-2;-1;;;;;;+2;2*-2;;;;/p-4. The molecule has 15 heteroatoms. The molecule has 0 aliphatic heterocycles. The van der Waals surface area contributed by atoms with Crippen molar-refractivity contribution in [3.8, 4) is 0 Å². The predicted octanol–water partition coefficient (Wildman–Crippen LogP) is -0.330. The van der Waals surface area contributed by atoms with E-state index in [0.717, 1.165) is 0 Å². The van der Waals surface area contributed by atoms with Crippen molar-refractivity contribution in [2.45, 2.75) is 0 Å². The Morgan fingerprint density at radius 1 is 0.471 bits per heavy atom. The van der Waals surface area contributed by atoms with Crippen molar-refractivity contribution < 1.29 is 126 Å². The molecular weight excluding hydrogens is 888 g/mol. The maximum Gasteiger partial charge on any atom is 2.00 e. The largest absolute Gasteiger partial charge is 2.00 e. The third-order valence-electron chi connectivity index (χ3n) is 0. The molecule has 0 bridgehead atoms. The fourth-order valence-electron chi connectivity index (χ4n) is 0. The van der Waals surface area contributed by atoms with Gasteiger partial charge in [0.15, 0.2) is 0 Å². The fourth-order valence-corrected chi connectivity index (χ4v) is 0. The Labute approximate surface area is 248 Å². The molecule has 0 amide bonds. The summed E-state index contributed by atoms with van der Waals surface area (Å²) in [6.45, 7) is 0. The third-order valence-corrected chi connectivity index (χ3v) is 0. The summed E-state index contributed by atoms with van der Waals surface area (Å²) in [4.78, 5) is 0. The molecule has 0 fully saturated rings. The molecule has 0 N–H and O–H groups in total. The van der Waals surface area contributed by atoms with Crippen LogP contribution in [0.25, 0.3) is 0 Å². The van der Waals surface area contributed by atoms with E-state index in [1.165, 1.54) is 0 Å². The molecular formula is C2H9Mo6S9-9. The van der Waals surface area contributed by atoms with Crippen molar-refractivity contribution in [1.29, 1.82) is 0 Å². The van der Waals surface area contributed by atoms with Crippen LogP contribution >= 0.6 is 0 Å². The molecule has 0 aromatic rings. The second-order valence-electron chi connectivity index (χ2n) is 0. The maximum absolute atomic E-state index is 3.83. The average molecular weight is 897 g/mol. The van der Waals surface area contributed by atoms with Crippen LogP contribution in [0.5, 0.6) is 0 Å². The summed E-state index contributed by atoms with van der Waals surface area (Å²) in [5.74, 6) is 0. The van der Waals surface area contributed by atoms with E-state index in [-0.39, 0.29) is 188 Å². The minimum atomic E-state index is 0. The van der Waals surface area contributed by atoms with E-state index in [4.69, 9.17) is 0 Å².